The van der Waals surface area contributed by atoms with Gasteiger partial charge in [0.05, 0.1) is 11.4 Å². The van der Waals surface area contributed by atoms with Gasteiger partial charge in [0.2, 0.25) is 5.91 Å². The summed E-state index contributed by atoms with van der Waals surface area (Å²) in [5.74, 6) is -0.622. The maximum Gasteiger partial charge on any atom is 0.270 e. The normalized spacial score (nSPS) is 19.9. The molecule has 1 unspecified atom stereocenters. The number of benzene rings is 2. The van der Waals surface area contributed by atoms with Gasteiger partial charge in [-0.15, -0.1) is 0 Å². The molecular formula is C21H17N3O4S. The molecule has 7 nitrogen and oxygen atoms in total. The monoisotopic (exact) mass is 407 g/mol. The molecule has 3 aromatic rings. The lowest BCUT2D eigenvalue weighted by molar-refractivity contribution is -0.142. The van der Waals surface area contributed by atoms with E-state index < -0.39 is 16.1 Å². The molecule has 3 heterocycles. The number of anilines is 1. The van der Waals surface area contributed by atoms with Crippen molar-refractivity contribution in [2.24, 2.45) is 0 Å². The summed E-state index contributed by atoms with van der Waals surface area (Å²) in [6.07, 6.45) is 1.42. The Morgan fingerprint density at radius 2 is 1.62 bits per heavy atom. The fourth-order valence-corrected chi connectivity index (χ4v) is 5.57. The predicted molar refractivity (Wildman–Crippen MR) is 106 cm³/mol. The van der Waals surface area contributed by atoms with Crippen LogP contribution in [0.5, 0.6) is 0 Å². The molecule has 146 valence electrons. The highest BCUT2D eigenvalue weighted by atomic mass is 32.2. The minimum Gasteiger partial charge on any atom is -0.327 e. The first-order valence-electron chi connectivity index (χ1n) is 9.15. The standard InChI is InChI=1S/C21H17N3O4S/c25-19-14-22(13-15-7-2-1-3-8-15)21(26)20-17-10-6-12-23(17)29(27,28)18-11-5-4-9-16(18)24(19)20/h1-12,20H,13-14H2. The van der Waals surface area contributed by atoms with Crippen LogP contribution < -0.4 is 4.90 Å². The number of piperazine rings is 1. The van der Waals surface area contributed by atoms with Gasteiger partial charge in [-0.05, 0) is 29.8 Å². The van der Waals surface area contributed by atoms with Gasteiger partial charge in [0.15, 0.2) is 6.04 Å². The van der Waals surface area contributed by atoms with Gasteiger partial charge in [-0.1, -0.05) is 42.5 Å². The number of fused-ring (bicyclic) bond motifs is 5. The number of rotatable bonds is 2. The Kier molecular flexibility index (Phi) is 3.85. The van der Waals surface area contributed by atoms with E-state index in [9.17, 15) is 18.0 Å². The molecule has 1 aromatic heterocycles. The summed E-state index contributed by atoms with van der Waals surface area (Å²) in [5, 5.41) is 0. The maximum atomic E-state index is 13.5. The Morgan fingerprint density at radius 1 is 0.897 bits per heavy atom. The summed E-state index contributed by atoms with van der Waals surface area (Å²) in [5.41, 5.74) is 1.40. The predicted octanol–water partition coefficient (Wildman–Crippen LogP) is 2.16. The molecule has 0 spiro atoms. The van der Waals surface area contributed by atoms with Gasteiger partial charge in [0.25, 0.3) is 15.9 Å². The second-order valence-electron chi connectivity index (χ2n) is 7.05. The van der Waals surface area contributed by atoms with E-state index >= 15 is 0 Å². The molecule has 8 heteroatoms. The number of carbonyl (C=O) groups excluding carboxylic acids is 2. The van der Waals surface area contributed by atoms with Crippen molar-refractivity contribution in [3.05, 3.63) is 84.2 Å². The second kappa shape index (κ2) is 6.31. The Bertz CT molecular complexity index is 1230. The first-order valence-corrected chi connectivity index (χ1v) is 10.6. The highest BCUT2D eigenvalue weighted by molar-refractivity contribution is 7.90. The smallest absolute Gasteiger partial charge is 0.270 e. The molecule has 2 aromatic carbocycles. The number of amides is 2. The third-order valence-corrected chi connectivity index (χ3v) is 7.05. The molecule has 1 atom stereocenters. The van der Waals surface area contributed by atoms with Crippen molar-refractivity contribution < 1.29 is 18.0 Å². The highest BCUT2D eigenvalue weighted by Crippen LogP contribution is 2.41. The van der Waals surface area contributed by atoms with Crippen LogP contribution in [0, 0.1) is 0 Å². The molecule has 2 aliphatic rings. The van der Waals surface area contributed by atoms with Gasteiger partial charge in [-0.2, -0.15) is 0 Å². The van der Waals surface area contributed by atoms with Crippen molar-refractivity contribution in [3.8, 4) is 0 Å². The number of hydrogen-bond acceptors (Lipinski definition) is 4. The molecule has 1 saturated heterocycles. The van der Waals surface area contributed by atoms with E-state index in [0.29, 0.717) is 0 Å². The van der Waals surface area contributed by atoms with Crippen molar-refractivity contribution in [2.45, 2.75) is 17.5 Å². The van der Waals surface area contributed by atoms with Crippen LogP contribution in [0.2, 0.25) is 0 Å². The van der Waals surface area contributed by atoms with Gasteiger partial charge >= 0.3 is 0 Å². The lowest BCUT2D eigenvalue weighted by Crippen LogP contribution is -2.55. The van der Waals surface area contributed by atoms with E-state index in [0.717, 1.165) is 9.54 Å². The number of hydrogen-bond donors (Lipinski definition) is 0. The number of aromatic nitrogens is 1. The zero-order valence-electron chi connectivity index (χ0n) is 15.3. The van der Waals surface area contributed by atoms with Crippen LogP contribution in [-0.4, -0.2) is 35.6 Å². The van der Waals surface area contributed by atoms with Crippen LogP contribution >= 0.6 is 0 Å². The fraction of sp³-hybridized carbons (Fsp3) is 0.143. The van der Waals surface area contributed by atoms with Gasteiger partial charge in [-0.3, -0.25) is 14.5 Å². The third-order valence-electron chi connectivity index (χ3n) is 5.30. The minimum atomic E-state index is -3.92. The van der Waals surface area contributed by atoms with E-state index in [2.05, 4.69) is 0 Å². The summed E-state index contributed by atoms with van der Waals surface area (Å²) >= 11 is 0. The summed E-state index contributed by atoms with van der Waals surface area (Å²) in [7, 11) is -3.92. The van der Waals surface area contributed by atoms with E-state index in [1.54, 1.807) is 30.3 Å². The Hall–Kier alpha value is -3.39. The van der Waals surface area contributed by atoms with Gasteiger partial charge in [-0.25, -0.2) is 12.4 Å². The first-order chi connectivity index (χ1) is 14.0. The zero-order chi connectivity index (χ0) is 20.2. The molecule has 0 aliphatic carbocycles. The van der Waals surface area contributed by atoms with E-state index in [4.69, 9.17) is 0 Å². The lowest BCUT2D eigenvalue weighted by Gasteiger charge is -2.39. The molecule has 0 N–H and O–H groups in total. The van der Waals surface area contributed by atoms with Gasteiger partial charge < -0.3 is 4.90 Å². The quantitative estimate of drug-likeness (QED) is 0.652. The highest BCUT2D eigenvalue weighted by Gasteiger charge is 2.47. The number of nitrogens with zero attached hydrogens (tertiary/aromatic N) is 3. The average molecular weight is 407 g/mol. The Morgan fingerprint density at radius 3 is 2.41 bits per heavy atom. The molecule has 0 saturated carbocycles. The fourth-order valence-electron chi connectivity index (χ4n) is 4.00. The molecule has 29 heavy (non-hydrogen) atoms. The van der Waals surface area contributed by atoms with Crippen LogP contribution in [0.25, 0.3) is 0 Å². The zero-order valence-corrected chi connectivity index (χ0v) is 16.1. The molecule has 1 fully saturated rings. The lowest BCUT2D eigenvalue weighted by atomic mass is 10.0. The van der Waals surface area contributed by atoms with Crippen LogP contribution in [0.3, 0.4) is 0 Å². The van der Waals surface area contributed by atoms with Crippen LogP contribution in [0.4, 0.5) is 5.69 Å². The summed E-state index contributed by atoms with van der Waals surface area (Å²) in [6.45, 7) is 0.171. The van der Waals surface area contributed by atoms with Gasteiger partial charge in [0.1, 0.15) is 11.4 Å². The Balaban J connectivity index is 1.68. The SMILES string of the molecule is O=C1C2c3cccn3S(=O)(=O)c3ccccc3N2C(=O)CN1Cc1ccccc1. The number of para-hydroxylation sites is 1. The van der Waals surface area contributed by atoms with E-state index in [1.165, 1.54) is 22.1 Å². The maximum absolute atomic E-state index is 13.5. The molecule has 0 bridgehead atoms. The summed E-state index contributed by atoms with van der Waals surface area (Å²) < 4.78 is 27.5. The van der Waals surface area contributed by atoms with Crippen LogP contribution in [-0.2, 0) is 26.2 Å². The summed E-state index contributed by atoms with van der Waals surface area (Å²) in [4.78, 5) is 29.5. The first kappa shape index (κ1) is 17.7. The largest absolute Gasteiger partial charge is 0.327 e. The molecule has 2 amide bonds. The van der Waals surface area contributed by atoms with E-state index in [-0.39, 0.29) is 41.2 Å². The Labute approximate surface area is 167 Å². The molecular weight excluding hydrogens is 390 g/mol. The van der Waals surface area contributed by atoms with Crippen LogP contribution in [0.15, 0.2) is 77.8 Å². The van der Waals surface area contributed by atoms with Crippen molar-refractivity contribution in [3.63, 3.8) is 0 Å². The van der Waals surface area contributed by atoms with Crippen molar-refractivity contribution in [1.29, 1.82) is 0 Å². The molecule has 0 radical (unpaired) electrons. The number of carbonyl (C=O) groups is 2. The van der Waals surface area contributed by atoms with E-state index in [1.807, 2.05) is 30.3 Å². The van der Waals surface area contributed by atoms with Crippen LogP contribution in [0.1, 0.15) is 17.3 Å². The third kappa shape index (κ3) is 2.60. The van der Waals surface area contributed by atoms with Crippen molar-refractivity contribution >= 4 is 27.5 Å². The van der Waals surface area contributed by atoms with Crippen molar-refractivity contribution in [1.82, 2.24) is 8.87 Å². The van der Waals surface area contributed by atoms with Crippen molar-refractivity contribution in [2.75, 3.05) is 11.4 Å². The van der Waals surface area contributed by atoms with Gasteiger partial charge in [0, 0.05) is 12.7 Å². The molecule has 5 rings (SSSR count). The topological polar surface area (TPSA) is 79.7 Å². The summed E-state index contributed by atoms with van der Waals surface area (Å²) in [6, 6.07) is 17.8. The molecule has 2 aliphatic heterocycles. The minimum absolute atomic E-state index is 0.0117. The average Bonchev–Trinajstić information content (AvgIpc) is 3.18. The second-order valence-corrected chi connectivity index (χ2v) is 8.83.